The van der Waals surface area contributed by atoms with Gasteiger partial charge in [0.25, 0.3) is 0 Å². The molecule has 0 aliphatic carbocycles. The Balaban J connectivity index is 3.61. The SMILES string of the molecule is CCCCOCCNC(=NCCCOCCOC)NCC. The summed E-state index contributed by atoms with van der Waals surface area (Å²) in [4.78, 5) is 4.49. The van der Waals surface area contributed by atoms with Crippen molar-refractivity contribution in [3.05, 3.63) is 0 Å². The van der Waals surface area contributed by atoms with Gasteiger partial charge < -0.3 is 24.8 Å². The second-order valence-corrected chi connectivity index (χ2v) is 4.61. The highest BCUT2D eigenvalue weighted by Gasteiger charge is 1.96. The zero-order valence-corrected chi connectivity index (χ0v) is 14.0. The van der Waals surface area contributed by atoms with E-state index in [2.05, 4.69) is 29.5 Å². The number of guanidine groups is 1. The monoisotopic (exact) mass is 303 g/mol. The van der Waals surface area contributed by atoms with Gasteiger partial charge in [-0.15, -0.1) is 0 Å². The molecule has 0 heterocycles. The fourth-order valence-corrected chi connectivity index (χ4v) is 1.53. The van der Waals surface area contributed by atoms with Crippen molar-refractivity contribution in [2.75, 3.05) is 59.8 Å². The van der Waals surface area contributed by atoms with Crippen molar-refractivity contribution in [1.29, 1.82) is 0 Å². The Morgan fingerprint density at radius 3 is 2.38 bits per heavy atom. The third-order valence-corrected chi connectivity index (χ3v) is 2.67. The third kappa shape index (κ3) is 15.4. The molecule has 0 amide bonds. The summed E-state index contributed by atoms with van der Waals surface area (Å²) in [6, 6.07) is 0. The maximum absolute atomic E-state index is 5.51. The largest absolute Gasteiger partial charge is 0.382 e. The molecule has 0 aromatic rings. The molecular weight excluding hydrogens is 270 g/mol. The van der Waals surface area contributed by atoms with Crippen LogP contribution in [0, 0.1) is 0 Å². The van der Waals surface area contributed by atoms with E-state index in [0.717, 1.165) is 45.0 Å². The van der Waals surface area contributed by atoms with Crippen molar-refractivity contribution in [1.82, 2.24) is 10.6 Å². The standard InChI is InChI=1S/C15H33N3O3/c1-4-6-10-20-12-9-18-15(16-5-2)17-8-7-11-21-14-13-19-3/h4-14H2,1-3H3,(H2,16,17,18). The van der Waals surface area contributed by atoms with E-state index in [-0.39, 0.29) is 0 Å². The first-order valence-corrected chi connectivity index (χ1v) is 8.01. The molecule has 0 atom stereocenters. The van der Waals surface area contributed by atoms with Gasteiger partial charge in [0.15, 0.2) is 5.96 Å². The Morgan fingerprint density at radius 2 is 1.67 bits per heavy atom. The number of ether oxygens (including phenoxy) is 3. The molecule has 0 saturated heterocycles. The summed E-state index contributed by atoms with van der Waals surface area (Å²) in [6.07, 6.45) is 3.20. The highest BCUT2D eigenvalue weighted by atomic mass is 16.5. The summed E-state index contributed by atoms with van der Waals surface area (Å²) in [5.41, 5.74) is 0. The smallest absolute Gasteiger partial charge is 0.191 e. The number of unbranched alkanes of at least 4 members (excludes halogenated alkanes) is 1. The minimum atomic E-state index is 0.644. The quantitative estimate of drug-likeness (QED) is 0.289. The molecule has 0 spiro atoms. The van der Waals surface area contributed by atoms with Crippen LogP contribution in [0.15, 0.2) is 4.99 Å². The number of aliphatic imine (C=N–C) groups is 1. The summed E-state index contributed by atoms with van der Waals surface area (Å²) < 4.78 is 15.8. The summed E-state index contributed by atoms with van der Waals surface area (Å²) in [7, 11) is 1.67. The summed E-state index contributed by atoms with van der Waals surface area (Å²) in [5.74, 6) is 0.841. The van der Waals surface area contributed by atoms with Crippen LogP contribution in [0.1, 0.15) is 33.1 Å². The first kappa shape index (κ1) is 20.1. The van der Waals surface area contributed by atoms with Gasteiger partial charge in [-0.05, 0) is 19.8 Å². The van der Waals surface area contributed by atoms with Gasteiger partial charge >= 0.3 is 0 Å². The molecule has 0 fully saturated rings. The number of nitrogens with one attached hydrogen (secondary N) is 2. The van der Waals surface area contributed by atoms with Crippen LogP contribution in [-0.2, 0) is 14.2 Å². The van der Waals surface area contributed by atoms with Crippen molar-refractivity contribution in [2.24, 2.45) is 4.99 Å². The van der Waals surface area contributed by atoms with E-state index in [0.29, 0.717) is 26.4 Å². The lowest BCUT2D eigenvalue weighted by Gasteiger charge is -2.11. The number of nitrogens with zero attached hydrogens (tertiary/aromatic N) is 1. The first-order chi connectivity index (χ1) is 10.3. The molecule has 0 aromatic heterocycles. The molecule has 0 aromatic carbocycles. The predicted octanol–water partition coefficient (Wildman–Crippen LogP) is 1.41. The van der Waals surface area contributed by atoms with E-state index in [4.69, 9.17) is 14.2 Å². The van der Waals surface area contributed by atoms with Crippen LogP contribution >= 0.6 is 0 Å². The minimum absolute atomic E-state index is 0.644. The maximum Gasteiger partial charge on any atom is 0.191 e. The lowest BCUT2D eigenvalue weighted by atomic mass is 10.4. The van der Waals surface area contributed by atoms with E-state index in [1.165, 1.54) is 6.42 Å². The third-order valence-electron chi connectivity index (χ3n) is 2.67. The molecule has 0 unspecified atom stereocenters. The zero-order valence-electron chi connectivity index (χ0n) is 14.0. The zero-order chi connectivity index (χ0) is 15.6. The summed E-state index contributed by atoms with van der Waals surface area (Å²) in [6.45, 7) is 10.2. The highest BCUT2D eigenvalue weighted by molar-refractivity contribution is 5.79. The number of hydrogen-bond acceptors (Lipinski definition) is 4. The van der Waals surface area contributed by atoms with Gasteiger partial charge in [-0.2, -0.15) is 0 Å². The lowest BCUT2D eigenvalue weighted by Crippen LogP contribution is -2.39. The Morgan fingerprint density at radius 1 is 0.905 bits per heavy atom. The number of methoxy groups -OCH3 is 1. The van der Waals surface area contributed by atoms with Crippen molar-refractivity contribution < 1.29 is 14.2 Å². The Labute approximate surface area is 129 Å². The van der Waals surface area contributed by atoms with Gasteiger partial charge in [-0.3, -0.25) is 4.99 Å². The molecule has 21 heavy (non-hydrogen) atoms. The van der Waals surface area contributed by atoms with E-state index in [1.54, 1.807) is 7.11 Å². The van der Waals surface area contributed by atoms with Crippen LogP contribution in [0.3, 0.4) is 0 Å². The van der Waals surface area contributed by atoms with Gasteiger partial charge in [-0.25, -0.2) is 0 Å². The molecule has 0 aliphatic heterocycles. The van der Waals surface area contributed by atoms with Gasteiger partial charge in [-0.1, -0.05) is 13.3 Å². The van der Waals surface area contributed by atoms with Crippen LogP contribution in [0.2, 0.25) is 0 Å². The molecule has 6 heteroatoms. The van der Waals surface area contributed by atoms with E-state index in [1.807, 2.05) is 0 Å². The van der Waals surface area contributed by atoms with Crippen molar-refractivity contribution >= 4 is 5.96 Å². The highest BCUT2D eigenvalue weighted by Crippen LogP contribution is 1.87. The van der Waals surface area contributed by atoms with E-state index < -0.39 is 0 Å². The minimum Gasteiger partial charge on any atom is -0.382 e. The summed E-state index contributed by atoms with van der Waals surface area (Å²) in [5, 5.41) is 6.48. The number of rotatable bonds is 14. The van der Waals surface area contributed by atoms with Crippen LogP contribution in [0.4, 0.5) is 0 Å². The van der Waals surface area contributed by atoms with Crippen LogP contribution < -0.4 is 10.6 Å². The second-order valence-electron chi connectivity index (χ2n) is 4.61. The lowest BCUT2D eigenvalue weighted by molar-refractivity contribution is 0.0702. The number of hydrogen-bond donors (Lipinski definition) is 2. The van der Waals surface area contributed by atoms with Gasteiger partial charge in [0.2, 0.25) is 0 Å². The van der Waals surface area contributed by atoms with Gasteiger partial charge in [0.05, 0.1) is 19.8 Å². The van der Waals surface area contributed by atoms with Crippen molar-refractivity contribution in [3.8, 4) is 0 Å². The van der Waals surface area contributed by atoms with Crippen molar-refractivity contribution in [2.45, 2.75) is 33.1 Å². The van der Waals surface area contributed by atoms with Crippen molar-refractivity contribution in [3.63, 3.8) is 0 Å². The van der Waals surface area contributed by atoms with E-state index >= 15 is 0 Å². The Hall–Kier alpha value is -0.850. The fraction of sp³-hybridized carbons (Fsp3) is 0.933. The topological polar surface area (TPSA) is 64.1 Å². The van der Waals surface area contributed by atoms with Crippen LogP contribution in [0.25, 0.3) is 0 Å². The average molecular weight is 303 g/mol. The Kier molecular flexibility index (Phi) is 16.5. The summed E-state index contributed by atoms with van der Waals surface area (Å²) >= 11 is 0. The molecule has 0 rings (SSSR count). The molecule has 0 aliphatic rings. The molecule has 2 N–H and O–H groups in total. The van der Waals surface area contributed by atoms with Crippen LogP contribution in [0.5, 0.6) is 0 Å². The predicted molar refractivity (Wildman–Crippen MR) is 87.0 cm³/mol. The van der Waals surface area contributed by atoms with Crippen LogP contribution in [-0.4, -0.2) is 65.7 Å². The van der Waals surface area contributed by atoms with Gasteiger partial charge in [0, 0.05) is 40.0 Å². The van der Waals surface area contributed by atoms with E-state index in [9.17, 15) is 0 Å². The Bertz CT molecular complexity index is 238. The molecular formula is C15H33N3O3. The second kappa shape index (κ2) is 17.2. The first-order valence-electron chi connectivity index (χ1n) is 8.01. The normalized spacial score (nSPS) is 11.7. The molecule has 6 nitrogen and oxygen atoms in total. The fourth-order valence-electron chi connectivity index (χ4n) is 1.53. The molecule has 126 valence electrons. The molecule has 0 saturated carbocycles. The maximum atomic E-state index is 5.51. The average Bonchev–Trinajstić information content (AvgIpc) is 2.49. The molecule has 0 radical (unpaired) electrons. The molecule has 0 bridgehead atoms. The van der Waals surface area contributed by atoms with Gasteiger partial charge in [0.1, 0.15) is 0 Å².